The summed E-state index contributed by atoms with van der Waals surface area (Å²) in [5.41, 5.74) is 2.67. The first-order valence-corrected chi connectivity index (χ1v) is 8.57. The molecular weight excluding hydrogens is 292 g/mol. The Morgan fingerprint density at radius 1 is 1.26 bits per heavy atom. The van der Waals surface area contributed by atoms with Crippen LogP contribution in [-0.2, 0) is 16.0 Å². The van der Waals surface area contributed by atoms with Gasteiger partial charge in [0.2, 0.25) is 5.91 Å². The fourth-order valence-corrected chi connectivity index (χ4v) is 3.69. The number of carbonyl (C=O) groups is 1. The van der Waals surface area contributed by atoms with Crippen LogP contribution in [0.1, 0.15) is 36.4 Å². The van der Waals surface area contributed by atoms with Crippen LogP contribution in [-0.4, -0.2) is 54.9 Å². The van der Waals surface area contributed by atoms with E-state index in [2.05, 4.69) is 34.5 Å². The van der Waals surface area contributed by atoms with Gasteiger partial charge in [0.1, 0.15) is 0 Å². The zero-order valence-electron chi connectivity index (χ0n) is 13.5. The average Bonchev–Trinajstić information content (AvgIpc) is 2.99. The summed E-state index contributed by atoms with van der Waals surface area (Å²) in [6, 6.07) is 8.88. The van der Waals surface area contributed by atoms with Crippen LogP contribution in [0.5, 0.6) is 0 Å². The Balaban J connectivity index is 1.61. The molecule has 1 heterocycles. The summed E-state index contributed by atoms with van der Waals surface area (Å²) >= 11 is 0. The van der Waals surface area contributed by atoms with E-state index >= 15 is 0 Å². The Morgan fingerprint density at radius 2 is 2.04 bits per heavy atom. The van der Waals surface area contributed by atoms with Gasteiger partial charge in [0.05, 0.1) is 13.2 Å². The lowest BCUT2D eigenvalue weighted by Crippen LogP contribution is -2.45. The van der Waals surface area contributed by atoms with Gasteiger partial charge in [-0.05, 0) is 36.8 Å². The minimum atomic E-state index is 0.0507. The monoisotopic (exact) mass is 318 g/mol. The van der Waals surface area contributed by atoms with Crippen LogP contribution in [0.2, 0.25) is 0 Å². The second-order valence-corrected chi connectivity index (χ2v) is 6.40. The first-order chi connectivity index (χ1) is 11.3. The van der Waals surface area contributed by atoms with E-state index in [1.54, 1.807) is 0 Å². The Labute approximate surface area is 137 Å². The number of fused-ring (bicyclic) bond motifs is 1. The molecule has 0 aromatic heterocycles. The van der Waals surface area contributed by atoms with Crippen molar-refractivity contribution in [3.8, 4) is 0 Å². The largest absolute Gasteiger partial charge is 0.395 e. The molecule has 5 heteroatoms. The Morgan fingerprint density at radius 3 is 2.83 bits per heavy atom. The van der Waals surface area contributed by atoms with E-state index in [-0.39, 0.29) is 24.6 Å². The maximum atomic E-state index is 12.4. The molecule has 1 amide bonds. The molecule has 5 nitrogen and oxygen atoms in total. The van der Waals surface area contributed by atoms with E-state index in [1.165, 1.54) is 11.1 Å². The van der Waals surface area contributed by atoms with Gasteiger partial charge in [0.15, 0.2) is 0 Å². The number of benzene rings is 1. The van der Waals surface area contributed by atoms with Crippen LogP contribution >= 0.6 is 0 Å². The van der Waals surface area contributed by atoms with Crippen molar-refractivity contribution < 1.29 is 14.6 Å². The molecule has 2 aliphatic rings. The summed E-state index contributed by atoms with van der Waals surface area (Å²) < 4.78 is 5.33. The third kappa shape index (κ3) is 4.10. The van der Waals surface area contributed by atoms with Crippen LogP contribution < -0.4 is 5.32 Å². The third-order valence-corrected chi connectivity index (χ3v) is 4.86. The highest BCUT2D eigenvalue weighted by Crippen LogP contribution is 2.35. The Bertz CT molecular complexity index is 529. The summed E-state index contributed by atoms with van der Waals surface area (Å²) in [4.78, 5) is 14.5. The number of hydrogen-bond acceptors (Lipinski definition) is 4. The van der Waals surface area contributed by atoms with Crippen molar-refractivity contribution in [2.75, 3.05) is 32.9 Å². The maximum absolute atomic E-state index is 12.4. The standard InChI is InChI=1S/C18H26N2O3/c21-10-9-20(13-18(22)19-15-7-11-23-12-8-15)17-6-5-14-3-1-2-4-16(14)17/h1-4,15,17,21H,5-13H2,(H,19,22). The minimum Gasteiger partial charge on any atom is -0.395 e. The summed E-state index contributed by atoms with van der Waals surface area (Å²) in [5.74, 6) is 0.0507. The van der Waals surface area contributed by atoms with Gasteiger partial charge in [-0.2, -0.15) is 0 Å². The van der Waals surface area contributed by atoms with E-state index in [0.717, 1.165) is 38.9 Å². The highest BCUT2D eigenvalue weighted by molar-refractivity contribution is 5.78. The highest BCUT2D eigenvalue weighted by atomic mass is 16.5. The molecule has 1 saturated heterocycles. The molecule has 2 N–H and O–H groups in total. The summed E-state index contributed by atoms with van der Waals surface area (Å²) in [6.45, 7) is 2.39. The molecule has 1 unspecified atom stereocenters. The van der Waals surface area contributed by atoms with Crippen molar-refractivity contribution in [3.63, 3.8) is 0 Å². The van der Waals surface area contributed by atoms with Gasteiger partial charge in [-0.1, -0.05) is 24.3 Å². The van der Waals surface area contributed by atoms with E-state index in [1.807, 2.05) is 0 Å². The van der Waals surface area contributed by atoms with E-state index < -0.39 is 0 Å². The van der Waals surface area contributed by atoms with E-state index in [9.17, 15) is 9.90 Å². The highest BCUT2D eigenvalue weighted by Gasteiger charge is 2.29. The Hall–Kier alpha value is -1.43. The zero-order valence-corrected chi connectivity index (χ0v) is 13.5. The van der Waals surface area contributed by atoms with Crippen LogP contribution in [0.15, 0.2) is 24.3 Å². The molecule has 1 aromatic rings. The number of aliphatic hydroxyl groups excluding tert-OH is 1. The van der Waals surface area contributed by atoms with Crippen molar-refractivity contribution in [1.29, 1.82) is 0 Å². The van der Waals surface area contributed by atoms with Crippen LogP contribution in [0.25, 0.3) is 0 Å². The molecule has 1 atom stereocenters. The second-order valence-electron chi connectivity index (χ2n) is 6.40. The Kier molecular flexibility index (Phi) is 5.65. The molecule has 23 heavy (non-hydrogen) atoms. The molecule has 3 rings (SSSR count). The molecule has 1 aliphatic carbocycles. The SMILES string of the molecule is O=C(CN(CCO)C1CCc2ccccc21)NC1CCOCC1. The predicted octanol–water partition coefficient (Wildman–Crippen LogP) is 1.26. The fraction of sp³-hybridized carbons (Fsp3) is 0.611. The minimum absolute atomic E-state index is 0.0507. The lowest BCUT2D eigenvalue weighted by atomic mass is 10.1. The maximum Gasteiger partial charge on any atom is 0.234 e. The number of ether oxygens (including phenoxy) is 1. The first kappa shape index (κ1) is 16.4. The number of amides is 1. The van der Waals surface area contributed by atoms with Gasteiger partial charge in [-0.25, -0.2) is 0 Å². The molecule has 0 spiro atoms. The number of aliphatic hydroxyl groups is 1. The normalized spacial score (nSPS) is 21.4. The summed E-state index contributed by atoms with van der Waals surface area (Å²) in [7, 11) is 0. The quantitative estimate of drug-likeness (QED) is 0.829. The smallest absolute Gasteiger partial charge is 0.234 e. The third-order valence-electron chi connectivity index (χ3n) is 4.86. The molecule has 126 valence electrons. The van der Waals surface area contributed by atoms with Gasteiger partial charge in [0.25, 0.3) is 0 Å². The number of carbonyl (C=O) groups excluding carboxylic acids is 1. The van der Waals surface area contributed by atoms with Crippen molar-refractivity contribution in [2.24, 2.45) is 0 Å². The van der Waals surface area contributed by atoms with Crippen LogP contribution in [0.3, 0.4) is 0 Å². The first-order valence-electron chi connectivity index (χ1n) is 8.57. The van der Waals surface area contributed by atoms with Crippen LogP contribution in [0, 0.1) is 0 Å². The van der Waals surface area contributed by atoms with Crippen molar-refractivity contribution in [3.05, 3.63) is 35.4 Å². The lowest BCUT2D eigenvalue weighted by Gasteiger charge is -2.30. The van der Waals surface area contributed by atoms with E-state index in [4.69, 9.17) is 4.74 Å². The molecule has 0 saturated carbocycles. The number of nitrogens with zero attached hydrogens (tertiary/aromatic N) is 1. The lowest BCUT2D eigenvalue weighted by molar-refractivity contribution is -0.124. The van der Waals surface area contributed by atoms with Gasteiger partial charge < -0.3 is 15.2 Å². The summed E-state index contributed by atoms with van der Waals surface area (Å²) in [5, 5.41) is 12.5. The van der Waals surface area contributed by atoms with Gasteiger partial charge in [-0.3, -0.25) is 9.69 Å². The number of aryl methyl sites for hydroxylation is 1. The van der Waals surface area contributed by atoms with Gasteiger partial charge >= 0.3 is 0 Å². The van der Waals surface area contributed by atoms with Gasteiger partial charge in [-0.15, -0.1) is 0 Å². The van der Waals surface area contributed by atoms with E-state index in [0.29, 0.717) is 13.1 Å². The zero-order chi connectivity index (χ0) is 16.1. The molecule has 0 radical (unpaired) electrons. The molecule has 1 aliphatic heterocycles. The predicted molar refractivity (Wildman–Crippen MR) is 88.1 cm³/mol. The van der Waals surface area contributed by atoms with Gasteiger partial charge in [0, 0.05) is 31.8 Å². The van der Waals surface area contributed by atoms with Crippen molar-refractivity contribution >= 4 is 5.91 Å². The molecular formula is C18H26N2O3. The molecule has 0 bridgehead atoms. The van der Waals surface area contributed by atoms with Crippen LogP contribution in [0.4, 0.5) is 0 Å². The summed E-state index contributed by atoms with van der Waals surface area (Å²) in [6.07, 6.45) is 3.84. The van der Waals surface area contributed by atoms with Crippen molar-refractivity contribution in [2.45, 2.75) is 37.8 Å². The average molecular weight is 318 g/mol. The van der Waals surface area contributed by atoms with Crippen molar-refractivity contribution in [1.82, 2.24) is 10.2 Å². The number of hydrogen-bond donors (Lipinski definition) is 2. The number of rotatable bonds is 6. The molecule has 1 fully saturated rings. The number of nitrogens with one attached hydrogen (secondary N) is 1. The topological polar surface area (TPSA) is 61.8 Å². The molecule has 1 aromatic carbocycles. The second kappa shape index (κ2) is 7.90. The fourth-order valence-electron chi connectivity index (χ4n) is 3.69.